The Morgan fingerprint density at radius 3 is 2.80 bits per heavy atom. The fourth-order valence-corrected chi connectivity index (χ4v) is 1.61. The van der Waals surface area contributed by atoms with E-state index in [1.165, 1.54) is 6.33 Å². The maximum absolute atomic E-state index is 5.10. The summed E-state index contributed by atoms with van der Waals surface area (Å²) in [5, 5.41) is 0. The van der Waals surface area contributed by atoms with Gasteiger partial charge in [0.25, 0.3) is 0 Å². The van der Waals surface area contributed by atoms with Crippen LogP contribution in [-0.2, 0) is 0 Å². The molecule has 0 saturated heterocycles. The van der Waals surface area contributed by atoms with Crippen LogP contribution in [0.25, 0.3) is 11.1 Å². The maximum Gasteiger partial charge on any atom is 0.137 e. The first-order valence-corrected chi connectivity index (χ1v) is 5.05. The molecule has 0 amide bonds. The molecule has 0 saturated carbocycles. The van der Waals surface area contributed by atoms with E-state index in [4.69, 9.17) is 4.74 Å². The van der Waals surface area contributed by atoms with Gasteiger partial charge in [-0.15, -0.1) is 0 Å². The molecular formula is C10H8BrN3O. The van der Waals surface area contributed by atoms with Crippen LogP contribution in [0.1, 0.15) is 0 Å². The molecule has 2 heterocycles. The number of hydrogen-bond donors (Lipinski definition) is 0. The average Bonchev–Trinajstić information content (AvgIpc) is 2.30. The van der Waals surface area contributed by atoms with Gasteiger partial charge in [-0.3, -0.25) is 4.98 Å². The molecule has 0 spiro atoms. The summed E-state index contributed by atoms with van der Waals surface area (Å²) in [7, 11) is 1.61. The van der Waals surface area contributed by atoms with E-state index >= 15 is 0 Å². The second kappa shape index (κ2) is 4.35. The Kier molecular flexibility index (Phi) is 2.91. The normalized spacial score (nSPS) is 10.0. The highest BCUT2D eigenvalue weighted by Crippen LogP contribution is 2.26. The molecule has 0 bridgehead atoms. The first-order chi connectivity index (χ1) is 7.31. The minimum atomic E-state index is 0.711. The van der Waals surface area contributed by atoms with Gasteiger partial charge in [-0.25, -0.2) is 9.97 Å². The van der Waals surface area contributed by atoms with Gasteiger partial charge in [0.2, 0.25) is 0 Å². The number of methoxy groups -OCH3 is 1. The third-order valence-corrected chi connectivity index (χ3v) is 2.56. The van der Waals surface area contributed by atoms with Crippen molar-refractivity contribution in [3.63, 3.8) is 0 Å². The van der Waals surface area contributed by atoms with Crippen LogP contribution < -0.4 is 4.74 Å². The molecule has 0 aromatic carbocycles. The number of hydrogen-bond acceptors (Lipinski definition) is 4. The largest absolute Gasteiger partial charge is 0.495 e. The molecule has 0 aliphatic rings. The first-order valence-electron chi connectivity index (χ1n) is 4.26. The number of nitrogens with zero attached hydrogens (tertiary/aromatic N) is 3. The van der Waals surface area contributed by atoms with Gasteiger partial charge in [-0.2, -0.15) is 0 Å². The molecule has 0 aliphatic carbocycles. The van der Waals surface area contributed by atoms with E-state index in [1.807, 2.05) is 6.07 Å². The summed E-state index contributed by atoms with van der Waals surface area (Å²) in [4.78, 5) is 12.1. The lowest BCUT2D eigenvalue weighted by atomic mass is 10.1. The van der Waals surface area contributed by atoms with Gasteiger partial charge in [-0.05, 0) is 22.0 Å². The predicted octanol–water partition coefficient (Wildman–Crippen LogP) is 2.31. The van der Waals surface area contributed by atoms with Crippen molar-refractivity contribution in [2.24, 2.45) is 0 Å². The molecule has 0 N–H and O–H groups in total. The summed E-state index contributed by atoms with van der Waals surface area (Å²) in [5.41, 5.74) is 1.81. The van der Waals surface area contributed by atoms with Crippen LogP contribution in [0.5, 0.6) is 5.75 Å². The second-order valence-corrected chi connectivity index (χ2v) is 3.59. The summed E-state index contributed by atoms with van der Waals surface area (Å²) in [5.74, 6) is 0.711. The maximum atomic E-state index is 5.10. The summed E-state index contributed by atoms with van der Waals surface area (Å²) < 4.78 is 5.84. The molecule has 15 heavy (non-hydrogen) atoms. The molecule has 0 fully saturated rings. The minimum Gasteiger partial charge on any atom is -0.495 e. The summed E-state index contributed by atoms with van der Waals surface area (Å²) in [6.07, 6.45) is 6.61. The number of rotatable bonds is 2. The molecule has 76 valence electrons. The van der Waals surface area contributed by atoms with E-state index in [2.05, 4.69) is 30.9 Å². The lowest BCUT2D eigenvalue weighted by Crippen LogP contribution is -1.89. The molecule has 5 heteroatoms. The van der Waals surface area contributed by atoms with Crippen molar-refractivity contribution in [1.29, 1.82) is 0 Å². The highest BCUT2D eigenvalue weighted by molar-refractivity contribution is 9.10. The van der Waals surface area contributed by atoms with Crippen molar-refractivity contribution in [3.8, 4) is 16.9 Å². The van der Waals surface area contributed by atoms with E-state index in [1.54, 1.807) is 25.7 Å². The highest BCUT2D eigenvalue weighted by atomic mass is 79.9. The van der Waals surface area contributed by atoms with Crippen LogP contribution in [0.3, 0.4) is 0 Å². The topological polar surface area (TPSA) is 47.9 Å². The van der Waals surface area contributed by atoms with E-state index in [0.29, 0.717) is 5.75 Å². The van der Waals surface area contributed by atoms with E-state index in [9.17, 15) is 0 Å². The van der Waals surface area contributed by atoms with E-state index in [-0.39, 0.29) is 0 Å². The number of halogens is 1. The first kappa shape index (κ1) is 10.0. The molecule has 0 radical (unpaired) electrons. The van der Waals surface area contributed by atoms with E-state index < -0.39 is 0 Å². The Morgan fingerprint density at radius 1 is 1.20 bits per heavy atom. The van der Waals surface area contributed by atoms with Crippen LogP contribution in [0, 0.1) is 0 Å². The summed E-state index contributed by atoms with van der Waals surface area (Å²) in [6.45, 7) is 0. The van der Waals surface area contributed by atoms with Gasteiger partial charge in [0.15, 0.2) is 0 Å². The Hall–Kier alpha value is -1.49. The summed E-state index contributed by atoms with van der Waals surface area (Å²) in [6, 6.07) is 1.89. The van der Waals surface area contributed by atoms with Crippen LogP contribution in [0.2, 0.25) is 0 Å². The van der Waals surface area contributed by atoms with Crippen molar-refractivity contribution >= 4 is 15.9 Å². The van der Waals surface area contributed by atoms with Gasteiger partial charge < -0.3 is 4.74 Å². The smallest absolute Gasteiger partial charge is 0.137 e. The highest BCUT2D eigenvalue weighted by Gasteiger charge is 2.05. The van der Waals surface area contributed by atoms with Crippen molar-refractivity contribution in [1.82, 2.24) is 15.0 Å². The quantitative estimate of drug-likeness (QED) is 0.782. The minimum absolute atomic E-state index is 0.711. The molecule has 2 rings (SSSR count). The standard InChI is InChI=1S/C10H8BrN3O/c1-15-8-2-7(3-12-4-8)9-5-13-6-14-10(9)11/h2-6H,1H3. The number of ether oxygens (including phenoxy) is 1. The third-order valence-electron chi connectivity index (χ3n) is 1.92. The average molecular weight is 266 g/mol. The zero-order chi connectivity index (χ0) is 10.7. The van der Waals surface area contributed by atoms with Gasteiger partial charge in [0.1, 0.15) is 16.7 Å². The molecule has 2 aromatic heterocycles. The van der Waals surface area contributed by atoms with Crippen molar-refractivity contribution in [3.05, 3.63) is 35.6 Å². The van der Waals surface area contributed by atoms with E-state index in [0.717, 1.165) is 15.7 Å². The van der Waals surface area contributed by atoms with Gasteiger partial charge >= 0.3 is 0 Å². The van der Waals surface area contributed by atoms with Crippen LogP contribution >= 0.6 is 15.9 Å². The summed E-state index contributed by atoms with van der Waals surface area (Å²) >= 11 is 3.36. The number of pyridine rings is 1. The van der Waals surface area contributed by atoms with Crippen LogP contribution in [0.15, 0.2) is 35.6 Å². The lowest BCUT2D eigenvalue weighted by Gasteiger charge is -2.04. The Bertz CT molecular complexity index is 476. The zero-order valence-electron chi connectivity index (χ0n) is 8.01. The van der Waals surface area contributed by atoms with Gasteiger partial charge in [-0.1, -0.05) is 0 Å². The van der Waals surface area contributed by atoms with Crippen LogP contribution in [-0.4, -0.2) is 22.1 Å². The third kappa shape index (κ3) is 2.12. The Labute approximate surface area is 95.5 Å². The van der Waals surface area contributed by atoms with Gasteiger partial charge in [0.05, 0.1) is 13.3 Å². The zero-order valence-corrected chi connectivity index (χ0v) is 9.60. The van der Waals surface area contributed by atoms with Crippen molar-refractivity contribution < 1.29 is 4.74 Å². The van der Waals surface area contributed by atoms with Gasteiger partial charge in [0, 0.05) is 23.5 Å². The second-order valence-electron chi connectivity index (χ2n) is 2.84. The Balaban J connectivity index is 2.49. The van der Waals surface area contributed by atoms with Crippen LogP contribution in [0.4, 0.5) is 0 Å². The molecule has 0 aliphatic heterocycles. The SMILES string of the molecule is COc1cncc(-c2cncnc2Br)c1. The van der Waals surface area contributed by atoms with Crippen molar-refractivity contribution in [2.45, 2.75) is 0 Å². The molecule has 4 nitrogen and oxygen atoms in total. The van der Waals surface area contributed by atoms with Crippen molar-refractivity contribution in [2.75, 3.05) is 7.11 Å². The lowest BCUT2D eigenvalue weighted by molar-refractivity contribution is 0.413. The predicted molar refractivity (Wildman–Crippen MR) is 59.5 cm³/mol. The molecular weight excluding hydrogens is 258 g/mol. The Morgan fingerprint density at radius 2 is 2.07 bits per heavy atom. The number of aromatic nitrogens is 3. The molecule has 0 unspecified atom stereocenters. The fourth-order valence-electron chi connectivity index (χ4n) is 1.19. The fraction of sp³-hybridized carbons (Fsp3) is 0.100. The molecule has 0 atom stereocenters. The monoisotopic (exact) mass is 265 g/mol. The molecule has 2 aromatic rings.